The van der Waals surface area contributed by atoms with Crippen LogP contribution in [-0.2, 0) is 4.74 Å². The maximum absolute atomic E-state index is 11.6. The van der Waals surface area contributed by atoms with Crippen molar-refractivity contribution in [2.45, 2.75) is 0 Å². The van der Waals surface area contributed by atoms with E-state index < -0.39 is 0 Å². The molecule has 2 aromatic rings. The van der Waals surface area contributed by atoms with Gasteiger partial charge in [-0.2, -0.15) is 0 Å². The van der Waals surface area contributed by atoms with Crippen LogP contribution in [-0.4, -0.2) is 18.1 Å². The van der Waals surface area contributed by atoms with E-state index in [1.54, 1.807) is 6.20 Å². The topological polar surface area (TPSA) is 39.2 Å². The number of methoxy groups -OCH3 is 1. The van der Waals surface area contributed by atoms with E-state index in [2.05, 4.69) is 20.9 Å². The minimum atomic E-state index is -0.383. The summed E-state index contributed by atoms with van der Waals surface area (Å²) in [6.45, 7) is 0. The van der Waals surface area contributed by atoms with Gasteiger partial charge in [-0.1, -0.05) is 12.1 Å². The van der Waals surface area contributed by atoms with Crippen LogP contribution >= 0.6 is 15.9 Å². The highest BCUT2D eigenvalue weighted by atomic mass is 79.9. The number of carbonyl (C=O) groups is 1. The molecular formula is C11H8BrNO2. The summed E-state index contributed by atoms with van der Waals surface area (Å²) in [7, 11) is 1.36. The Morgan fingerprint density at radius 1 is 1.40 bits per heavy atom. The van der Waals surface area contributed by atoms with Gasteiger partial charge in [0, 0.05) is 16.1 Å². The first kappa shape index (κ1) is 10.1. The number of ether oxygens (including phenoxy) is 1. The highest BCUT2D eigenvalue weighted by Crippen LogP contribution is 2.25. The normalized spacial score (nSPS) is 10.3. The van der Waals surface area contributed by atoms with E-state index >= 15 is 0 Å². The van der Waals surface area contributed by atoms with Crippen LogP contribution in [0.4, 0.5) is 0 Å². The Bertz CT molecular complexity index is 525. The van der Waals surface area contributed by atoms with Crippen molar-refractivity contribution >= 4 is 32.8 Å². The highest BCUT2D eigenvalue weighted by molar-refractivity contribution is 9.10. The average Bonchev–Trinajstić information content (AvgIpc) is 2.28. The second-order valence-corrected chi connectivity index (χ2v) is 3.84. The van der Waals surface area contributed by atoms with E-state index in [4.69, 9.17) is 4.74 Å². The standard InChI is InChI=1S/C11H8BrNO2/c1-15-11(14)9-8(12)5-4-7-3-2-6-13-10(7)9/h2-6H,1H3. The van der Waals surface area contributed by atoms with Gasteiger partial charge in [-0.05, 0) is 28.1 Å². The van der Waals surface area contributed by atoms with Gasteiger partial charge in [-0.3, -0.25) is 4.98 Å². The van der Waals surface area contributed by atoms with Crippen LogP contribution in [0.1, 0.15) is 10.4 Å². The van der Waals surface area contributed by atoms with E-state index in [0.29, 0.717) is 15.6 Å². The third kappa shape index (κ3) is 1.72. The van der Waals surface area contributed by atoms with Crippen molar-refractivity contribution in [3.05, 3.63) is 40.5 Å². The largest absolute Gasteiger partial charge is 0.465 e. The zero-order chi connectivity index (χ0) is 10.8. The number of fused-ring (bicyclic) bond motifs is 1. The van der Waals surface area contributed by atoms with Gasteiger partial charge in [0.15, 0.2) is 0 Å². The molecule has 1 heterocycles. The zero-order valence-electron chi connectivity index (χ0n) is 8.03. The van der Waals surface area contributed by atoms with Crippen molar-refractivity contribution in [3.8, 4) is 0 Å². The third-order valence-electron chi connectivity index (χ3n) is 2.11. The Morgan fingerprint density at radius 2 is 2.20 bits per heavy atom. The van der Waals surface area contributed by atoms with Crippen LogP contribution < -0.4 is 0 Å². The molecule has 0 bridgehead atoms. The van der Waals surface area contributed by atoms with Gasteiger partial charge < -0.3 is 4.74 Å². The fourth-order valence-corrected chi connectivity index (χ4v) is 1.90. The van der Waals surface area contributed by atoms with Crippen molar-refractivity contribution in [1.82, 2.24) is 4.98 Å². The maximum Gasteiger partial charge on any atom is 0.341 e. The minimum absolute atomic E-state index is 0.383. The molecule has 0 saturated carbocycles. The van der Waals surface area contributed by atoms with Gasteiger partial charge in [-0.25, -0.2) is 4.79 Å². The molecule has 0 radical (unpaired) electrons. The number of halogens is 1. The first-order chi connectivity index (χ1) is 7.24. The molecule has 1 aromatic carbocycles. The monoisotopic (exact) mass is 265 g/mol. The molecule has 2 rings (SSSR count). The fourth-order valence-electron chi connectivity index (χ4n) is 1.42. The molecule has 0 spiro atoms. The van der Waals surface area contributed by atoms with E-state index in [1.165, 1.54) is 7.11 Å². The van der Waals surface area contributed by atoms with Gasteiger partial charge in [0.2, 0.25) is 0 Å². The molecule has 3 nitrogen and oxygen atoms in total. The summed E-state index contributed by atoms with van der Waals surface area (Å²) in [6, 6.07) is 7.45. The van der Waals surface area contributed by atoms with Crippen LogP contribution in [0.2, 0.25) is 0 Å². The molecule has 0 aliphatic rings. The van der Waals surface area contributed by atoms with Crippen molar-refractivity contribution < 1.29 is 9.53 Å². The van der Waals surface area contributed by atoms with Gasteiger partial charge in [-0.15, -0.1) is 0 Å². The summed E-state index contributed by atoms with van der Waals surface area (Å²) in [6.07, 6.45) is 1.65. The Kier molecular flexibility index (Phi) is 2.68. The molecule has 4 heteroatoms. The Labute approximate surface area is 95.2 Å². The quantitative estimate of drug-likeness (QED) is 0.745. The number of rotatable bonds is 1. The molecule has 0 fully saturated rings. The molecule has 1 aromatic heterocycles. The lowest BCUT2D eigenvalue weighted by Crippen LogP contribution is -2.04. The predicted octanol–water partition coefficient (Wildman–Crippen LogP) is 2.78. The molecule has 0 unspecified atom stereocenters. The Morgan fingerprint density at radius 3 is 2.93 bits per heavy atom. The van der Waals surface area contributed by atoms with Gasteiger partial charge >= 0.3 is 5.97 Å². The van der Waals surface area contributed by atoms with Crippen molar-refractivity contribution in [2.24, 2.45) is 0 Å². The molecule has 76 valence electrons. The molecule has 0 aliphatic carbocycles. The lowest BCUT2D eigenvalue weighted by Gasteiger charge is -2.05. The van der Waals surface area contributed by atoms with Crippen molar-refractivity contribution in [1.29, 1.82) is 0 Å². The number of carbonyl (C=O) groups excluding carboxylic acids is 1. The number of esters is 1. The summed E-state index contributed by atoms with van der Waals surface area (Å²) in [5.74, 6) is -0.383. The molecule has 0 saturated heterocycles. The van der Waals surface area contributed by atoms with Crippen molar-refractivity contribution in [3.63, 3.8) is 0 Å². The van der Waals surface area contributed by atoms with E-state index in [9.17, 15) is 4.79 Å². The summed E-state index contributed by atoms with van der Waals surface area (Å²) < 4.78 is 5.41. The Balaban J connectivity index is 2.79. The Hall–Kier alpha value is -1.42. The fraction of sp³-hybridized carbons (Fsp3) is 0.0909. The molecular weight excluding hydrogens is 258 g/mol. The molecule has 15 heavy (non-hydrogen) atoms. The smallest absolute Gasteiger partial charge is 0.341 e. The van der Waals surface area contributed by atoms with E-state index in [0.717, 1.165) is 5.39 Å². The summed E-state index contributed by atoms with van der Waals surface area (Å²) >= 11 is 3.32. The number of benzene rings is 1. The minimum Gasteiger partial charge on any atom is -0.465 e. The number of aromatic nitrogens is 1. The van der Waals surface area contributed by atoms with Gasteiger partial charge in [0.1, 0.15) is 5.56 Å². The van der Waals surface area contributed by atoms with E-state index in [-0.39, 0.29) is 5.97 Å². The van der Waals surface area contributed by atoms with Crippen LogP contribution in [0.25, 0.3) is 10.9 Å². The zero-order valence-corrected chi connectivity index (χ0v) is 9.61. The molecule has 0 amide bonds. The first-order valence-corrected chi connectivity index (χ1v) is 5.15. The SMILES string of the molecule is COC(=O)c1c(Br)ccc2cccnc12. The summed E-state index contributed by atoms with van der Waals surface area (Å²) in [5, 5.41) is 0.918. The van der Waals surface area contributed by atoms with Crippen LogP contribution in [0.5, 0.6) is 0 Å². The van der Waals surface area contributed by atoms with Crippen LogP contribution in [0, 0.1) is 0 Å². The van der Waals surface area contributed by atoms with E-state index in [1.807, 2.05) is 24.3 Å². The van der Waals surface area contributed by atoms with Gasteiger partial charge in [0.25, 0.3) is 0 Å². The van der Waals surface area contributed by atoms with Crippen LogP contribution in [0.3, 0.4) is 0 Å². The third-order valence-corrected chi connectivity index (χ3v) is 2.77. The number of hydrogen-bond acceptors (Lipinski definition) is 3. The summed E-state index contributed by atoms with van der Waals surface area (Å²) in [4.78, 5) is 15.7. The molecule has 0 atom stereocenters. The number of pyridine rings is 1. The molecule has 0 N–H and O–H groups in total. The average molecular weight is 266 g/mol. The first-order valence-electron chi connectivity index (χ1n) is 4.35. The van der Waals surface area contributed by atoms with Crippen molar-refractivity contribution in [2.75, 3.05) is 7.11 Å². The lowest BCUT2D eigenvalue weighted by atomic mass is 10.1. The predicted molar refractivity (Wildman–Crippen MR) is 60.8 cm³/mol. The maximum atomic E-state index is 11.6. The second kappa shape index (κ2) is 3.98. The lowest BCUT2D eigenvalue weighted by molar-refractivity contribution is 0.0602. The number of hydrogen-bond donors (Lipinski definition) is 0. The molecule has 0 aliphatic heterocycles. The highest BCUT2D eigenvalue weighted by Gasteiger charge is 2.15. The number of nitrogens with zero attached hydrogens (tertiary/aromatic N) is 1. The second-order valence-electron chi connectivity index (χ2n) is 2.99. The summed E-state index contributed by atoms with van der Waals surface area (Å²) in [5.41, 5.74) is 1.12. The van der Waals surface area contributed by atoms with Gasteiger partial charge in [0.05, 0.1) is 12.6 Å². The van der Waals surface area contributed by atoms with Crippen LogP contribution in [0.15, 0.2) is 34.9 Å².